The van der Waals surface area contributed by atoms with Crippen LogP contribution in [0.2, 0.25) is 0 Å². The Kier molecular flexibility index (Phi) is 4.14. The molecule has 0 spiro atoms. The molecule has 0 radical (unpaired) electrons. The first-order chi connectivity index (χ1) is 6.93. The van der Waals surface area contributed by atoms with Crippen LogP contribution in [0.3, 0.4) is 0 Å². The van der Waals surface area contributed by atoms with Crippen LogP contribution in [-0.4, -0.2) is 26.3 Å². The predicted molar refractivity (Wildman–Crippen MR) is 62.0 cm³/mol. The van der Waals surface area contributed by atoms with Gasteiger partial charge in [-0.2, -0.15) is 0 Å². The summed E-state index contributed by atoms with van der Waals surface area (Å²) >= 11 is 0. The van der Waals surface area contributed by atoms with Crippen LogP contribution in [0.5, 0.6) is 0 Å². The molecule has 0 aromatic heterocycles. The van der Waals surface area contributed by atoms with Crippen molar-refractivity contribution in [1.82, 2.24) is 4.72 Å². The second kappa shape index (κ2) is 4.80. The highest BCUT2D eigenvalue weighted by Gasteiger charge is 2.42. The Hall–Kier alpha value is -0.130. The normalized spacial score (nSPS) is 21.3. The number of hydrogen-bond acceptors (Lipinski definition) is 3. The molecule has 3 N–H and O–H groups in total. The van der Waals surface area contributed by atoms with Crippen LogP contribution in [0.4, 0.5) is 0 Å². The van der Waals surface area contributed by atoms with E-state index in [0.29, 0.717) is 18.9 Å². The molecule has 0 aliphatic heterocycles. The first kappa shape index (κ1) is 12.9. The number of sulfonamides is 1. The minimum absolute atomic E-state index is 0.214. The summed E-state index contributed by atoms with van der Waals surface area (Å²) in [5.74, 6) is 0.644. The number of rotatable bonds is 7. The van der Waals surface area contributed by atoms with Crippen molar-refractivity contribution < 1.29 is 8.42 Å². The summed E-state index contributed by atoms with van der Waals surface area (Å²) in [6, 6.07) is 0. The third-order valence-corrected chi connectivity index (χ3v) is 4.66. The minimum Gasteiger partial charge on any atom is -0.329 e. The van der Waals surface area contributed by atoms with Crippen LogP contribution in [-0.2, 0) is 10.0 Å². The van der Waals surface area contributed by atoms with Gasteiger partial charge in [-0.05, 0) is 32.1 Å². The van der Waals surface area contributed by atoms with Gasteiger partial charge in [0.05, 0.1) is 5.75 Å². The molecule has 1 saturated carbocycles. The Bertz CT molecular complexity index is 299. The summed E-state index contributed by atoms with van der Waals surface area (Å²) in [6.07, 6.45) is 3.78. The standard InChI is InChI=1S/C10H22N2O2S/c1-3-4-7-15(13,14)12-10(2,8-11)9-5-6-9/h9,12H,3-8,11H2,1-2H3. The maximum atomic E-state index is 11.7. The van der Waals surface area contributed by atoms with Gasteiger partial charge in [0.25, 0.3) is 0 Å². The average molecular weight is 234 g/mol. The molecule has 0 aromatic carbocycles. The topological polar surface area (TPSA) is 72.2 Å². The number of hydrogen-bond donors (Lipinski definition) is 2. The van der Waals surface area contributed by atoms with Crippen molar-refractivity contribution in [2.75, 3.05) is 12.3 Å². The van der Waals surface area contributed by atoms with Crippen molar-refractivity contribution in [2.45, 2.75) is 45.1 Å². The quantitative estimate of drug-likeness (QED) is 0.685. The Morgan fingerprint density at radius 2 is 2.07 bits per heavy atom. The molecular weight excluding hydrogens is 212 g/mol. The van der Waals surface area contributed by atoms with E-state index in [1.807, 2.05) is 13.8 Å². The summed E-state index contributed by atoms with van der Waals surface area (Å²) in [6.45, 7) is 4.27. The zero-order valence-corrected chi connectivity index (χ0v) is 10.4. The lowest BCUT2D eigenvalue weighted by atomic mass is 9.98. The molecule has 1 fully saturated rings. The molecule has 0 saturated heterocycles. The fourth-order valence-electron chi connectivity index (χ4n) is 1.75. The van der Waals surface area contributed by atoms with Crippen LogP contribution < -0.4 is 10.5 Å². The minimum atomic E-state index is -3.15. The molecular formula is C10H22N2O2S. The van der Waals surface area contributed by atoms with Crippen molar-refractivity contribution in [2.24, 2.45) is 11.7 Å². The van der Waals surface area contributed by atoms with Crippen molar-refractivity contribution in [1.29, 1.82) is 0 Å². The third-order valence-electron chi connectivity index (χ3n) is 3.06. The fraction of sp³-hybridized carbons (Fsp3) is 1.00. The maximum Gasteiger partial charge on any atom is 0.212 e. The van der Waals surface area contributed by atoms with Gasteiger partial charge in [0.1, 0.15) is 0 Å². The van der Waals surface area contributed by atoms with E-state index in [9.17, 15) is 8.42 Å². The summed E-state index contributed by atoms with van der Waals surface area (Å²) in [5, 5.41) is 0. The first-order valence-corrected chi connectivity index (χ1v) is 7.30. The van der Waals surface area contributed by atoms with Crippen molar-refractivity contribution in [3.63, 3.8) is 0 Å². The SMILES string of the molecule is CCCCS(=O)(=O)NC(C)(CN)C1CC1. The highest BCUT2D eigenvalue weighted by molar-refractivity contribution is 7.89. The zero-order chi connectivity index (χ0) is 11.5. The summed E-state index contributed by atoms with van der Waals surface area (Å²) < 4.78 is 26.2. The van der Waals surface area contributed by atoms with E-state index in [1.165, 1.54) is 0 Å². The Morgan fingerprint density at radius 1 is 1.47 bits per heavy atom. The van der Waals surface area contributed by atoms with E-state index < -0.39 is 15.6 Å². The summed E-state index contributed by atoms with van der Waals surface area (Å²) in [7, 11) is -3.15. The molecule has 0 amide bonds. The Balaban J connectivity index is 2.57. The van der Waals surface area contributed by atoms with Gasteiger partial charge in [-0.25, -0.2) is 13.1 Å². The maximum absolute atomic E-state index is 11.7. The second-order valence-electron chi connectivity index (χ2n) is 4.67. The third kappa shape index (κ3) is 3.74. The van der Waals surface area contributed by atoms with E-state index in [-0.39, 0.29) is 5.75 Å². The highest BCUT2D eigenvalue weighted by Crippen LogP contribution is 2.39. The van der Waals surface area contributed by atoms with Crippen LogP contribution in [0.1, 0.15) is 39.5 Å². The summed E-state index contributed by atoms with van der Waals surface area (Å²) in [4.78, 5) is 0. The lowest BCUT2D eigenvalue weighted by Crippen LogP contribution is -2.53. The largest absolute Gasteiger partial charge is 0.329 e. The molecule has 5 heteroatoms. The lowest BCUT2D eigenvalue weighted by molar-refractivity contribution is 0.374. The van der Waals surface area contributed by atoms with Crippen LogP contribution in [0, 0.1) is 5.92 Å². The van der Waals surface area contributed by atoms with Crippen LogP contribution in [0.25, 0.3) is 0 Å². The van der Waals surface area contributed by atoms with E-state index in [1.54, 1.807) is 0 Å². The van der Waals surface area contributed by atoms with Gasteiger partial charge in [-0.3, -0.25) is 0 Å². The van der Waals surface area contributed by atoms with Crippen molar-refractivity contribution in [3.8, 4) is 0 Å². The first-order valence-electron chi connectivity index (χ1n) is 5.65. The molecule has 1 aliphatic rings. The molecule has 1 unspecified atom stereocenters. The number of unbranched alkanes of at least 4 members (excludes halogenated alkanes) is 1. The predicted octanol–water partition coefficient (Wildman–Crippen LogP) is 0.833. The summed E-state index contributed by atoms with van der Waals surface area (Å²) in [5.41, 5.74) is 5.23. The molecule has 15 heavy (non-hydrogen) atoms. The average Bonchev–Trinajstić information content (AvgIpc) is 2.97. The Labute approximate surface area is 92.7 Å². The van der Waals surface area contributed by atoms with E-state index in [2.05, 4.69) is 4.72 Å². The molecule has 1 rings (SSSR count). The van der Waals surface area contributed by atoms with Gasteiger partial charge in [0.2, 0.25) is 10.0 Å². The fourth-order valence-corrected chi connectivity index (χ4v) is 3.48. The smallest absolute Gasteiger partial charge is 0.212 e. The Morgan fingerprint density at radius 3 is 2.47 bits per heavy atom. The molecule has 1 atom stereocenters. The van der Waals surface area contributed by atoms with E-state index in [0.717, 1.165) is 19.3 Å². The zero-order valence-electron chi connectivity index (χ0n) is 9.62. The second-order valence-corrected chi connectivity index (χ2v) is 6.51. The molecule has 90 valence electrons. The lowest BCUT2D eigenvalue weighted by Gasteiger charge is -2.29. The number of nitrogens with one attached hydrogen (secondary N) is 1. The van der Waals surface area contributed by atoms with Crippen LogP contribution >= 0.6 is 0 Å². The molecule has 4 nitrogen and oxygen atoms in total. The molecule has 1 aliphatic carbocycles. The van der Waals surface area contributed by atoms with Crippen molar-refractivity contribution in [3.05, 3.63) is 0 Å². The van der Waals surface area contributed by atoms with E-state index >= 15 is 0 Å². The monoisotopic (exact) mass is 234 g/mol. The van der Waals surface area contributed by atoms with Gasteiger partial charge < -0.3 is 5.73 Å². The van der Waals surface area contributed by atoms with Gasteiger partial charge in [-0.1, -0.05) is 13.3 Å². The van der Waals surface area contributed by atoms with Crippen molar-refractivity contribution >= 4 is 10.0 Å². The van der Waals surface area contributed by atoms with Gasteiger partial charge in [-0.15, -0.1) is 0 Å². The highest BCUT2D eigenvalue weighted by atomic mass is 32.2. The number of nitrogens with two attached hydrogens (primary N) is 1. The molecule has 0 aromatic rings. The molecule has 0 heterocycles. The van der Waals surface area contributed by atoms with Gasteiger partial charge >= 0.3 is 0 Å². The molecule has 0 bridgehead atoms. The van der Waals surface area contributed by atoms with Gasteiger partial charge in [0.15, 0.2) is 0 Å². The van der Waals surface area contributed by atoms with Gasteiger partial charge in [0, 0.05) is 12.1 Å². The van der Waals surface area contributed by atoms with Crippen LogP contribution in [0.15, 0.2) is 0 Å². The van der Waals surface area contributed by atoms with E-state index in [4.69, 9.17) is 5.73 Å².